The third-order valence-corrected chi connectivity index (χ3v) is 2.94. The van der Waals surface area contributed by atoms with E-state index in [4.69, 9.17) is 16.4 Å². The second-order valence-electron chi connectivity index (χ2n) is 3.94. The number of nitrogens with zero attached hydrogens (tertiary/aromatic N) is 1. The van der Waals surface area contributed by atoms with Crippen molar-refractivity contribution in [2.75, 3.05) is 26.5 Å². The number of carbonyl (C=O) groups excluding carboxylic acids is 1. The lowest BCUT2D eigenvalue weighted by atomic mass is 9.73. The van der Waals surface area contributed by atoms with Gasteiger partial charge in [0.1, 0.15) is 0 Å². The predicted molar refractivity (Wildman–Crippen MR) is 71.5 cm³/mol. The second-order valence-corrected chi connectivity index (χ2v) is 3.94. The number of piperidine rings is 1. The number of hydrogen-bond donors (Lipinski definition) is 0. The summed E-state index contributed by atoms with van der Waals surface area (Å²) in [7, 11) is 0. The fraction of sp³-hybridized carbons (Fsp3) is 0.533. The van der Waals surface area contributed by atoms with Crippen molar-refractivity contribution in [2.24, 2.45) is 0 Å². The average molecular weight is 259 g/mol. The van der Waals surface area contributed by atoms with Gasteiger partial charge in [-0.05, 0) is 45.2 Å². The zero-order valence-corrected chi connectivity index (χ0v) is 9.56. The number of benzene rings is 1. The molecule has 98 valence electrons. The zero-order chi connectivity index (χ0) is 23.4. The van der Waals surface area contributed by atoms with Crippen molar-refractivity contribution in [1.82, 2.24) is 4.90 Å². The fourth-order valence-corrected chi connectivity index (χ4v) is 1.91. The number of esters is 1. The van der Waals surface area contributed by atoms with Crippen molar-refractivity contribution < 1.29 is 26.0 Å². The molecule has 1 aliphatic heterocycles. The number of rotatable bonds is 3. The summed E-state index contributed by atoms with van der Waals surface area (Å²) >= 11 is 0. The van der Waals surface area contributed by atoms with Crippen LogP contribution in [-0.2, 0) is 14.9 Å². The van der Waals surface area contributed by atoms with Crippen molar-refractivity contribution in [1.29, 1.82) is 0 Å². The molecule has 0 aromatic heterocycles. The Morgan fingerprint density at radius 2 is 2.22 bits per heavy atom. The van der Waals surface area contributed by atoms with Gasteiger partial charge in [0.15, 0.2) is 0 Å². The molecule has 0 atom stereocenters. The van der Waals surface area contributed by atoms with Gasteiger partial charge in [-0.25, -0.2) is 0 Å². The Balaban J connectivity index is 2.65. The van der Waals surface area contributed by atoms with E-state index in [1.807, 2.05) is 0 Å². The highest BCUT2D eigenvalue weighted by atomic mass is 16.5. The van der Waals surface area contributed by atoms with Crippen molar-refractivity contribution in [3.05, 3.63) is 35.9 Å². The van der Waals surface area contributed by atoms with E-state index in [9.17, 15) is 4.79 Å². The monoisotopic (exact) mass is 259 g/mol. The lowest BCUT2D eigenvalue weighted by Crippen LogP contribution is -2.47. The molecule has 0 saturated carbocycles. The largest absolute Gasteiger partial charge is 0.465 e. The molecule has 0 unspecified atom stereocenters. The topological polar surface area (TPSA) is 29.5 Å². The van der Waals surface area contributed by atoms with Gasteiger partial charge in [0.25, 0.3) is 0 Å². The first-order valence-corrected chi connectivity index (χ1v) is 5.36. The Morgan fingerprint density at radius 3 is 2.83 bits per heavy atom. The van der Waals surface area contributed by atoms with Crippen LogP contribution in [0, 0.1) is 0 Å². The van der Waals surface area contributed by atoms with Gasteiger partial charge in [-0.2, -0.15) is 0 Å². The first-order valence-electron chi connectivity index (χ1n) is 11.4. The zero-order valence-electron chi connectivity index (χ0n) is 21.6. The summed E-state index contributed by atoms with van der Waals surface area (Å²) in [5, 5.41) is 0. The van der Waals surface area contributed by atoms with E-state index < -0.39 is 57.6 Å². The number of ether oxygens (including phenoxy) is 1. The van der Waals surface area contributed by atoms with E-state index in [0.29, 0.717) is 0 Å². The molecule has 0 radical (unpaired) electrons. The van der Waals surface area contributed by atoms with Crippen molar-refractivity contribution in [3.63, 3.8) is 0 Å². The van der Waals surface area contributed by atoms with Crippen LogP contribution in [0.2, 0.25) is 0 Å². The molecule has 1 aromatic carbocycles. The van der Waals surface area contributed by atoms with Crippen LogP contribution < -0.4 is 0 Å². The van der Waals surface area contributed by atoms with Crippen LogP contribution in [0.15, 0.2) is 30.3 Å². The highest BCUT2D eigenvalue weighted by Gasteiger charge is 2.43. The van der Waals surface area contributed by atoms with Crippen molar-refractivity contribution in [3.8, 4) is 0 Å². The Morgan fingerprint density at radius 1 is 1.50 bits per heavy atom. The average Bonchev–Trinajstić information content (AvgIpc) is 2.49. The number of likely N-dealkylation sites (tertiary alicyclic amines) is 1. The molecule has 18 heavy (non-hydrogen) atoms. The van der Waals surface area contributed by atoms with E-state index >= 15 is 0 Å². The van der Waals surface area contributed by atoms with Gasteiger partial charge < -0.3 is 9.64 Å². The minimum Gasteiger partial charge on any atom is -0.465 e. The quantitative estimate of drug-likeness (QED) is 0.780. The van der Waals surface area contributed by atoms with E-state index in [1.165, 1.54) is 24.3 Å². The van der Waals surface area contributed by atoms with Crippen molar-refractivity contribution in [2.45, 2.75) is 25.1 Å². The molecule has 3 nitrogen and oxygen atoms in total. The molecule has 0 N–H and O–H groups in total. The third kappa shape index (κ3) is 2.41. The molecule has 2 rings (SSSR count). The maximum Gasteiger partial charge on any atom is 0.316 e. The Kier molecular flexibility index (Phi) is 1.42. The first kappa shape index (κ1) is 4.64. The summed E-state index contributed by atoms with van der Waals surface area (Å²) in [6, 6.07) is 7.26. The van der Waals surface area contributed by atoms with Gasteiger partial charge in [-0.3, -0.25) is 4.79 Å². The van der Waals surface area contributed by atoms with Crippen LogP contribution in [0.4, 0.5) is 0 Å². The molecule has 3 heteroatoms. The molecule has 1 heterocycles. The standard InChI is InChI=1S/C15H21NO2/c1-3-18-14(17)15(9-11-16(2)12-10-15)13-7-5-4-6-8-13/h4-8H,3,9-12H2,1-2H3/i1D3,2D3,3D2,11D2,12D2. The Hall–Kier alpha value is -1.35. The molecule has 0 aliphatic carbocycles. The molecule has 0 spiro atoms. The molecule has 1 saturated heterocycles. The van der Waals surface area contributed by atoms with Gasteiger partial charge in [-0.15, -0.1) is 0 Å². The third-order valence-electron chi connectivity index (χ3n) is 2.94. The van der Waals surface area contributed by atoms with Crippen LogP contribution in [0.1, 0.15) is 41.7 Å². The van der Waals surface area contributed by atoms with Gasteiger partial charge >= 0.3 is 5.97 Å². The van der Waals surface area contributed by atoms with Gasteiger partial charge in [0.05, 0.1) is 14.7 Å². The minimum absolute atomic E-state index is 0.0503. The first-order chi connectivity index (χ1) is 13.3. The molecular weight excluding hydrogens is 226 g/mol. The van der Waals surface area contributed by atoms with Crippen LogP contribution in [0.25, 0.3) is 0 Å². The Bertz CT molecular complexity index is 769. The predicted octanol–water partition coefficient (Wildman–Crippen LogP) is 2.21. The molecule has 0 bridgehead atoms. The van der Waals surface area contributed by atoms with Crippen molar-refractivity contribution >= 4 is 5.97 Å². The molecule has 0 amide bonds. The van der Waals surface area contributed by atoms with E-state index in [-0.39, 0.29) is 10.5 Å². The number of hydrogen-bond acceptors (Lipinski definition) is 3. The highest BCUT2D eigenvalue weighted by Crippen LogP contribution is 2.36. The summed E-state index contributed by atoms with van der Waals surface area (Å²) in [4.78, 5) is 13.2. The highest BCUT2D eigenvalue weighted by molar-refractivity contribution is 5.83. The number of carbonyl (C=O) groups is 1. The summed E-state index contributed by atoms with van der Waals surface area (Å²) in [6.07, 6.45) is -1.78. The van der Waals surface area contributed by atoms with E-state index in [0.717, 1.165) is 0 Å². The van der Waals surface area contributed by atoms with Crippen LogP contribution in [-0.4, -0.2) is 37.4 Å². The smallest absolute Gasteiger partial charge is 0.316 e. The Labute approximate surface area is 126 Å². The summed E-state index contributed by atoms with van der Waals surface area (Å²) in [6.45, 7) is -15.7. The van der Waals surface area contributed by atoms with Gasteiger partial charge in [-0.1, -0.05) is 30.3 Å². The molecule has 1 aliphatic rings. The van der Waals surface area contributed by atoms with Crippen LogP contribution in [0.3, 0.4) is 0 Å². The van der Waals surface area contributed by atoms with Crippen LogP contribution >= 0.6 is 0 Å². The van der Waals surface area contributed by atoms with Gasteiger partial charge in [0.2, 0.25) is 0 Å². The van der Waals surface area contributed by atoms with E-state index in [1.54, 1.807) is 6.07 Å². The summed E-state index contributed by atoms with van der Waals surface area (Å²) in [5.41, 5.74) is -2.12. The van der Waals surface area contributed by atoms with E-state index in [2.05, 4.69) is 4.74 Å². The summed E-state index contributed by atoms with van der Waals surface area (Å²) in [5.74, 6) is -1.49. The second kappa shape index (κ2) is 5.53. The normalized spacial score (nSPS) is 37.1. The molecule has 1 aromatic rings. The maximum absolute atomic E-state index is 13.1. The maximum atomic E-state index is 13.1. The molecular formula is C15H21NO2. The summed E-state index contributed by atoms with van der Waals surface area (Å²) < 4.78 is 97.0. The molecule has 1 fully saturated rings. The van der Waals surface area contributed by atoms with Gasteiger partial charge in [0, 0.05) is 13.7 Å². The lowest BCUT2D eigenvalue weighted by Gasteiger charge is -2.38. The fourth-order valence-electron chi connectivity index (χ4n) is 1.91. The minimum atomic E-state index is -3.42. The lowest BCUT2D eigenvalue weighted by molar-refractivity contribution is -0.152. The van der Waals surface area contributed by atoms with Crippen LogP contribution in [0.5, 0.6) is 0 Å². The SMILES string of the molecule is [2H]C([2H])([2H])N1C([2H])([2H])CC(C(=O)OC([2H])([2H])C([2H])([2H])[2H])(c2ccccc2)CC1([2H])[2H].